The lowest BCUT2D eigenvalue weighted by atomic mass is 10.2. The van der Waals surface area contributed by atoms with Crippen molar-refractivity contribution >= 4 is 11.9 Å². The molecule has 2 fully saturated rings. The Morgan fingerprint density at radius 3 is 2.53 bits per heavy atom. The van der Waals surface area contributed by atoms with Crippen LogP contribution < -0.4 is 0 Å². The summed E-state index contributed by atoms with van der Waals surface area (Å²) in [5.41, 5.74) is 0.973. The zero-order valence-corrected chi connectivity index (χ0v) is 9.33. The molecule has 1 aromatic carbocycles. The van der Waals surface area contributed by atoms with Crippen molar-refractivity contribution in [3.63, 3.8) is 0 Å². The van der Waals surface area contributed by atoms with Crippen LogP contribution in [-0.2, 0) is 16.1 Å². The Labute approximate surface area is 99.2 Å². The molecule has 1 aliphatic carbocycles. The second kappa shape index (κ2) is 3.87. The highest BCUT2D eigenvalue weighted by atomic mass is 16.6. The molecule has 0 aromatic heterocycles. The summed E-state index contributed by atoms with van der Waals surface area (Å²) in [5.74, 6) is 0.496. The molecule has 0 spiro atoms. The van der Waals surface area contributed by atoms with E-state index in [4.69, 9.17) is 4.74 Å². The van der Waals surface area contributed by atoms with Gasteiger partial charge in [0.15, 0.2) is 0 Å². The lowest BCUT2D eigenvalue weighted by Crippen LogP contribution is -2.32. The summed E-state index contributed by atoms with van der Waals surface area (Å²) in [4.78, 5) is 24.4. The number of amides is 1. The molecule has 88 valence electrons. The highest BCUT2D eigenvalue weighted by molar-refractivity contribution is 6.01. The zero-order valence-electron chi connectivity index (χ0n) is 9.33. The summed E-state index contributed by atoms with van der Waals surface area (Å²) in [6.07, 6.45) is -0.311. The Morgan fingerprint density at radius 1 is 1.24 bits per heavy atom. The Hall–Kier alpha value is -1.84. The zero-order chi connectivity index (χ0) is 11.8. The maximum Gasteiger partial charge on any atom is 0.410 e. The van der Waals surface area contributed by atoms with Gasteiger partial charge in [-0.15, -0.1) is 0 Å². The number of likely N-dealkylation sites (tertiary alicyclic amines) is 1. The van der Waals surface area contributed by atoms with Crippen LogP contribution in [0.1, 0.15) is 5.56 Å². The van der Waals surface area contributed by atoms with E-state index in [-0.39, 0.29) is 17.9 Å². The van der Waals surface area contributed by atoms with Crippen LogP contribution in [0.4, 0.5) is 4.79 Å². The van der Waals surface area contributed by atoms with Gasteiger partial charge >= 0.3 is 6.09 Å². The number of carbonyl (C=O) groups excluding carboxylic acids is 2. The second-order valence-electron chi connectivity index (χ2n) is 4.56. The van der Waals surface area contributed by atoms with Crippen LogP contribution in [0.3, 0.4) is 0 Å². The minimum absolute atomic E-state index is 0.0966. The van der Waals surface area contributed by atoms with Gasteiger partial charge in [0.2, 0.25) is 0 Å². The van der Waals surface area contributed by atoms with Crippen LogP contribution in [0.5, 0.6) is 0 Å². The van der Waals surface area contributed by atoms with Crippen molar-refractivity contribution in [2.45, 2.75) is 6.61 Å². The van der Waals surface area contributed by atoms with E-state index in [1.807, 2.05) is 30.3 Å². The summed E-state index contributed by atoms with van der Waals surface area (Å²) in [6.45, 7) is 1.37. The number of fused-ring (bicyclic) bond motifs is 1. The molecule has 1 heterocycles. The molecule has 4 nitrogen and oxygen atoms in total. The van der Waals surface area contributed by atoms with Crippen LogP contribution in [0.25, 0.3) is 0 Å². The second-order valence-corrected chi connectivity index (χ2v) is 4.56. The predicted molar refractivity (Wildman–Crippen MR) is 60.2 cm³/mol. The molecule has 1 saturated heterocycles. The van der Waals surface area contributed by atoms with Crippen LogP contribution in [-0.4, -0.2) is 29.9 Å². The van der Waals surface area contributed by atoms with Gasteiger partial charge in [-0.25, -0.2) is 4.79 Å². The topological polar surface area (TPSA) is 46.6 Å². The molecule has 1 aromatic rings. The molecule has 0 radical (unpaired) electrons. The molecular formula is C13H13NO3. The van der Waals surface area contributed by atoms with Gasteiger partial charge in [-0.3, -0.25) is 4.79 Å². The van der Waals surface area contributed by atoms with E-state index in [1.54, 1.807) is 4.90 Å². The van der Waals surface area contributed by atoms with Crippen molar-refractivity contribution in [2.24, 2.45) is 11.8 Å². The van der Waals surface area contributed by atoms with Crippen molar-refractivity contribution < 1.29 is 14.3 Å². The van der Waals surface area contributed by atoms with E-state index < -0.39 is 0 Å². The van der Waals surface area contributed by atoms with Crippen LogP contribution in [0.15, 0.2) is 30.3 Å². The smallest absolute Gasteiger partial charge is 0.410 e. The Kier molecular flexibility index (Phi) is 2.35. The number of hydrogen-bond acceptors (Lipinski definition) is 3. The number of ketones is 1. The average Bonchev–Trinajstić information content (AvgIpc) is 2.81. The van der Waals surface area contributed by atoms with Crippen LogP contribution in [0.2, 0.25) is 0 Å². The highest BCUT2D eigenvalue weighted by Gasteiger charge is 2.56. The van der Waals surface area contributed by atoms with E-state index in [2.05, 4.69) is 0 Å². The van der Waals surface area contributed by atoms with Gasteiger partial charge in [-0.1, -0.05) is 30.3 Å². The number of piperidine rings is 1. The number of hydrogen-bond donors (Lipinski definition) is 0. The van der Waals surface area contributed by atoms with Gasteiger partial charge < -0.3 is 9.64 Å². The summed E-state index contributed by atoms with van der Waals surface area (Å²) >= 11 is 0. The maximum atomic E-state index is 11.7. The fourth-order valence-corrected chi connectivity index (χ4v) is 2.29. The van der Waals surface area contributed by atoms with E-state index in [0.29, 0.717) is 25.5 Å². The molecule has 1 amide bonds. The van der Waals surface area contributed by atoms with Gasteiger partial charge in [0.05, 0.1) is 0 Å². The summed E-state index contributed by atoms with van der Waals surface area (Å²) in [7, 11) is 0. The normalized spacial score (nSPS) is 25.6. The molecule has 2 atom stereocenters. The van der Waals surface area contributed by atoms with E-state index in [1.165, 1.54) is 0 Å². The average molecular weight is 231 g/mol. The molecule has 0 N–H and O–H groups in total. The standard InChI is InChI=1S/C13H13NO3/c15-12-10-6-14(7-11(10)12)13(16)17-8-9-4-2-1-3-5-9/h1-5,10-11H,6-8H2. The van der Waals surface area contributed by atoms with Crippen molar-refractivity contribution in [3.8, 4) is 0 Å². The Balaban J connectivity index is 1.50. The number of Topliss-reactive ketones (excluding diaryl/α,β-unsaturated/α-hetero) is 1. The molecule has 17 heavy (non-hydrogen) atoms. The maximum absolute atomic E-state index is 11.7. The van der Waals surface area contributed by atoms with Crippen molar-refractivity contribution in [2.75, 3.05) is 13.1 Å². The first-order valence-corrected chi connectivity index (χ1v) is 5.75. The highest BCUT2D eigenvalue weighted by Crippen LogP contribution is 2.40. The molecule has 1 saturated carbocycles. The van der Waals surface area contributed by atoms with Gasteiger partial charge in [-0.05, 0) is 5.56 Å². The molecule has 3 rings (SSSR count). The first kappa shape index (κ1) is 10.3. The number of ether oxygens (including phenoxy) is 1. The fourth-order valence-electron chi connectivity index (χ4n) is 2.29. The molecular weight excluding hydrogens is 218 g/mol. The molecule has 1 aliphatic heterocycles. The van der Waals surface area contributed by atoms with E-state index in [0.717, 1.165) is 5.56 Å². The third kappa shape index (κ3) is 1.90. The number of nitrogens with zero attached hydrogens (tertiary/aromatic N) is 1. The van der Waals surface area contributed by atoms with E-state index in [9.17, 15) is 9.59 Å². The predicted octanol–water partition coefficient (Wildman–Crippen LogP) is 1.45. The van der Waals surface area contributed by atoms with Crippen molar-refractivity contribution in [1.82, 2.24) is 4.90 Å². The first-order chi connectivity index (χ1) is 8.25. The third-order valence-corrected chi connectivity index (χ3v) is 3.40. The van der Waals surface area contributed by atoms with E-state index >= 15 is 0 Å². The Morgan fingerprint density at radius 2 is 1.88 bits per heavy atom. The van der Waals surface area contributed by atoms with Gasteiger partial charge in [0, 0.05) is 24.9 Å². The summed E-state index contributed by atoms with van der Waals surface area (Å²) in [6, 6.07) is 9.57. The van der Waals surface area contributed by atoms with Gasteiger partial charge in [0.25, 0.3) is 0 Å². The SMILES string of the molecule is O=C1C2CN(C(=O)OCc3ccccc3)CC12. The summed E-state index contributed by atoms with van der Waals surface area (Å²) in [5, 5.41) is 0. The number of rotatable bonds is 2. The number of benzene rings is 1. The van der Waals surface area contributed by atoms with Gasteiger partial charge in [0.1, 0.15) is 12.4 Å². The van der Waals surface area contributed by atoms with Crippen LogP contribution in [0, 0.1) is 11.8 Å². The minimum atomic E-state index is -0.311. The molecule has 4 heteroatoms. The van der Waals surface area contributed by atoms with Crippen molar-refractivity contribution in [3.05, 3.63) is 35.9 Å². The fraction of sp³-hybridized carbons (Fsp3) is 0.385. The quantitative estimate of drug-likeness (QED) is 0.774. The summed E-state index contributed by atoms with van der Waals surface area (Å²) < 4.78 is 5.19. The Bertz CT molecular complexity index is 443. The first-order valence-electron chi connectivity index (χ1n) is 5.75. The largest absolute Gasteiger partial charge is 0.445 e. The number of carbonyl (C=O) groups is 2. The minimum Gasteiger partial charge on any atom is -0.445 e. The molecule has 0 bridgehead atoms. The molecule has 2 aliphatic rings. The van der Waals surface area contributed by atoms with Gasteiger partial charge in [-0.2, -0.15) is 0 Å². The van der Waals surface area contributed by atoms with Crippen molar-refractivity contribution in [1.29, 1.82) is 0 Å². The third-order valence-electron chi connectivity index (χ3n) is 3.40. The van der Waals surface area contributed by atoms with Crippen LogP contribution >= 0.6 is 0 Å². The molecule has 2 unspecified atom stereocenters. The monoisotopic (exact) mass is 231 g/mol. The lowest BCUT2D eigenvalue weighted by molar-refractivity contribution is -0.113. The lowest BCUT2D eigenvalue weighted by Gasteiger charge is -2.17.